The predicted molar refractivity (Wildman–Crippen MR) is 59.7 cm³/mol. The first-order chi connectivity index (χ1) is 7.72. The van der Waals surface area contributed by atoms with Gasteiger partial charge in [-0.3, -0.25) is 0 Å². The zero-order chi connectivity index (χ0) is 11.2. The van der Waals surface area contributed by atoms with Gasteiger partial charge < -0.3 is 14.6 Å². The van der Waals surface area contributed by atoms with E-state index in [0.717, 1.165) is 24.3 Å². The van der Waals surface area contributed by atoms with E-state index in [2.05, 4.69) is 0 Å². The van der Waals surface area contributed by atoms with Gasteiger partial charge in [0.15, 0.2) is 11.5 Å². The molecule has 0 spiro atoms. The molecule has 1 aromatic carbocycles. The lowest BCUT2D eigenvalue weighted by atomic mass is 9.93. The summed E-state index contributed by atoms with van der Waals surface area (Å²) in [6.45, 7) is 2.39. The maximum absolute atomic E-state index is 9.81. The normalized spacial score (nSPS) is 27.2. The van der Waals surface area contributed by atoms with Crippen LogP contribution in [0.5, 0.6) is 11.5 Å². The van der Waals surface area contributed by atoms with Crippen molar-refractivity contribution in [2.45, 2.75) is 32.0 Å². The molecule has 3 rings (SSSR count). The Kier molecular flexibility index (Phi) is 2.11. The number of aliphatic hydroxyl groups excluding tert-OH is 1. The highest BCUT2D eigenvalue weighted by Gasteiger charge is 2.55. The van der Waals surface area contributed by atoms with Crippen LogP contribution < -0.4 is 9.47 Å². The minimum atomic E-state index is -0.327. The number of ether oxygens (including phenoxy) is 2. The van der Waals surface area contributed by atoms with Crippen LogP contribution in [0.1, 0.15) is 19.8 Å². The molecule has 3 nitrogen and oxygen atoms in total. The summed E-state index contributed by atoms with van der Waals surface area (Å²) in [6.07, 6.45) is 1.72. The predicted octanol–water partition coefficient (Wildman–Crippen LogP) is 1.99. The van der Waals surface area contributed by atoms with Crippen LogP contribution in [0.25, 0.3) is 0 Å². The van der Waals surface area contributed by atoms with E-state index in [-0.39, 0.29) is 17.6 Å². The van der Waals surface area contributed by atoms with Gasteiger partial charge in [-0.15, -0.1) is 0 Å². The number of aliphatic hydroxyl groups is 1. The molecule has 1 aromatic rings. The Bertz CT molecular complexity index is 396. The van der Waals surface area contributed by atoms with Crippen LogP contribution in [0.4, 0.5) is 0 Å². The van der Waals surface area contributed by atoms with Crippen molar-refractivity contribution in [2.24, 2.45) is 5.41 Å². The Morgan fingerprint density at radius 1 is 1.31 bits per heavy atom. The van der Waals surface area contributed by atoms with Crippen molar-refractivity contribution >= 4 is 0 Å². The third kappa shape index (κ3) is 1.39. The van der Waals surface area contributed by atoms with Gasteiger partial charge in [0.05, 0.1) is 6.10 Å². The number of hydrogen-bond acceptors (Lipinski definition) is 3. The van der Waals surface area contributed by atoms with Gasteiger partial charge in [0, 0.05) is 5.41 Å². The second kappa shape index (κ2) is 3.39. The van der Waals surface area contributed by atoms with E-state index in [0.29, 0.717) is 6.61 Å². The standard InChI is InChI=1S/C13H16O3/c1-9(14)13(6-7-13)12-8-15-10-4-2-3-5-11(10)16-12/h2-5,9,12,14H,6-8H2,1H3. The summed E-state index contributed by atoms with van der Waals surface area (Å²) in [5.41, 5.74) is -0.0759. The van der Waals surface area contributed by atoms with E-state index in [4.69, 9.17) is 9.47 Å². The van der Waals surface area contributed by atoms with Gasteiger partial charge in [0.1, 0.15) is 12.7 Å². The molecule has 0 radical (unpaired) electrons. The SMILES string of the molecule is CC(O)C1(C2COc3ccccc3O2)CC1. The minimum Gasteiger partial charge on any atom is -0.486 e. The molecule has 0 bridgehead atoms. The monoisotopic (exact) mass is 220 g/mol. The number of rotatable bonds is 2. The fraction of sp³-hybridized carbons (Fsp3) is 0.538. The van der Waals surface area contributed by atoms with E-state index in [1.54, 1.807) is 0 Å². The topological polar surface area (TPSA) is 38.7 Å². The third-order valence-electron chi connectivity index (χ3n) is 3.81. The summed E-state index contributed by atoms with van der Waals surface area (Å²) in [5.74, 6) is 1.60. The lowest BCUT2D eigenvalue weighted by Crippen LogP contribution is -2.42. The molecule has 0 amide bonds. The molecule has 1 heterocycles. The third-order valence-corrected chi connectivity index (χ3v) is 3.81. The lowest BCUT2D eigenvalue weighted by Gasteiger charge is -2.33. The summed E-state index contributed by atoms with van der Waals surface area (Å²) in [7, 11) is 0. The largest absolute Gasteiger partial charge is 0.486 e. The molecular weight excluding hydrogens is 204 g/mol. The van der Waals surface area contributed by atoms with Crippen LogP contribution >= 0.6 is 0 Å². The van der Waals surface area contributed by atoms with Crippen LogP contribution in [-0.4, -0.2) is 23.9 Å². The van der Waals surface area contributed by atoms with E-state index in [1.165, 1.54) is 0 Å². The summed E-state index contributed by atoms with van der Waals surface area (Å²) < 4.78 is 11.6. The Balaban J connectivity index is 1.83. The van der Waals surface area contributed by atoms with Crippen LogP contribution in [0.3, 0.4) is 0 Å². The van der Waals surface area contributed by atoms with Crippen molar-refractivity contribution in [1.29, 1.82) is 0 Å². The minimum absolute atomic E-state index is 0.0117. The van der Waals surface area contributed by atoms with Gasteiger partial charge in [-0.1, -0.05) is 12.1 Å². The zero-order valence-corrected chi connectivity index (χ0v) is 9.35. The smallest absolute Gasteiger partial charge is 0.161 e. The molecule has 0 aromatic heterocycles. The molecule has 1 aliphatic heterocycles. The first kappa shape index (κ1) is 9.97. The van der Waals surface area contributed by atoms with Crippen LogP contribution in [0, 0.1) is 5.41 Å². The molecule has 16 heavy (non-hydrogen) atoms. The maximum Gasteiger partial charge on any atom is 0.161 e. The second-order valence-corrected chi connectivity index (χ2v) is 4.77. The van der Waals surface area contributed by atoms with Crippen LogP contribution in [0.15, 0.2) is 24.3 Å². The highest BCUT2D eigenvalue weighted by molar-refractivity contribution is 5.41. The number of fused-ring (bicyclic) bond motifs is 1. The molecule has 2 atom stereocenters. The van der Waals surface area contributed by atoms with Crippen molar-refractivity contribution in [2.75, 3.05) is 6.61 Å². The zero-order valence-electron chi connectivity index (χ0n) is 9.35. The fourth-order valence-corrected chi connectivity index (χ4v) is 2.46. The Morgan fingerprint density at radius 2 is 2.00 bits per heavy atom. The Labute approximate surface area is 95.0 Å². The summed E-state index contributed by atoms with van der Waals surface area (Å²) in [5, 5.41) is 9.81. The van der Waals surface area contributed by atoms with E-state index >= 15 is 0 Å². The average molecular weight is 220 g/mol. The van der Waals surface area contributed by atoms with Crippen LogP contribution in [-0.2, 0) is 0 Å². The molecule has 3 heteroatoms. The summed E-state index contributed by atoms with van der Waals surface area (Å²) in [6, 6.07) is 7.70. The van der Waals surface area contributed by atoms with Gasteiger partial charge >= 0.3 is 0 Å². The molecule has 1 aliphatic carbocycles. The second-order valence-electron chi connectivity index (χ2n) is 4.77. The first-order valence-electron chi connectivity index (χ1n) is 5.79. The number of benzene rings is 1. The molecule has 0 saturated heterocycles. The highest BCUT2D eigenvalue weighted by atomic mass is 16.6. The molecule has 1 saturated carbocycles. The van der Waals surface area contributed by atoms with Gasteiger partial charge in [-0.05, 0) is 31.9 Å². The first-order valence-corrected chi connectivity index (χ1v) is 5.79. The lowest BCUT2D eigenvalue weighted by molar-refractivity contribution is -0.0207. The van der Waals surface area contributed by atoms with Gasteiger partial charge in [0.25, 0.3) is 0 Å². The van der Waals surface area contributed by atoms with Gasteiger partial charge in [-0.25, -0.2) is 0 Å². The van der Waals surface area contributed by atoms with Crippen molar-refractivity contribution in [3.63, 3.8) is 0 Å². The van der Waals surface area contributed by atoms with Crippen LogP contribution in [0.2, 0.25) is 0 Å². The Morgan fingerprint density at radius 3 is 2.62 bits per heavy atom. The van der Waals surface area contributed by atoms with Crippen molar-refractivity contribution in [3.8, 4) is 11.5 Å². The fourth-order valence-electron chi connectivity index (χ4n) is 2.46. The van der Waals surface area contributed by atoms with Crippen molar-refractivity contribution in [3.05, 3.63) is 24.3 Å². The highest BCUT2D eigenvalue weighted by Crippen LogP contribution is 2.54. The summed E-state index contributed by atoms with van der Waals surface area (Å²) in [4.78, 5) is 0. The van der Waals surface area contributed by atoms with Gasteiger partial charge in [-0.2, -0.15) is 0 Å². The number of para-hydroxylation sites is 2. The molecule has 1 N–H and O–H groups in total. The van der Waals surface area contributed by atoms with Crippen molar-refractivity contribution in [1.82, 2.24) is 0 Å². The summed E-state index contributed by atoms with van der Waals surface area (Å²) >= 11 is 0. The van der Waals surface area contributed by atoms with Crippen molar-refractivity contribution < 1.29 is 14.6 Å². The molecule has 1 fully saturated rings. The molecular formula is C13H16O3. The van der Waals surface area contributed by atoms with E-state index in [9.17, 15) is 5.11 Å². The average Bonchev–Trinajstić information content (AvgIpc) is 3.09. The van der Waals surface area contributed by atoms with E-state index < -0.39 is 0 Å². The maximum atomic E-state index is 9.81. The quantitative estimate of drug-likeness (QED) is 0.828. The molecule has 2 aliphatic rings. The Hall–Kier alpha value is -1.22. The van der Waals surface area contributed by atoms with E-state index in [1.807, 2.05) is 31.2 Å². The molecule has 86 valence electrons. The molecule has 2 unspecified atom stereocenters. The van der Waals surface area contributed by atoms with Gasteiger partial charge in [0.2, 0.25) is 0 Å². The number of hydrogen-bond donors (Lipinski definition) is 1.